The first kappa shape index (κ1) is 15.9. The van der Waals surface area contributed by atoms with E-state index in [1.54, 1.807) is 0 Å². The maximum Gasteiger partial charge on any atom is 0.0989 e. The maximum atomic E-state index is 10.6. The number of likely N-dealkylation sites (N-methyl/N-ethyl adjacent to an activating group) is 1. The van der Waals surface area contributed by atoms with Crippen molar-refractivity contribution in [3.05, 3.63) is 35.4 Å². The number of aliphatic hydroxyl groups is 1. The summed E-state index contributed by atoms with van der Waals surface area (Å²) in [5.74, 6) is 0. The molecule has 4 heteroatoms. The molecule has 3 atom stereocenters. The van der Waals surface area contributed by atoms with E-state index < -0.39 is 6.10 Å². The number of rotatable bonds is 6. The number of aliphatic hydroxyl groups excluding tert-OH is 1. The summed E-state index contributed by atoms with van der Waals surface area (Å²) in [7, 11) is 0. The highest BCUT2D eigenvalue weighted by Gasteiger charge is 2.38. The van der Waals surface area contributed by atoms with Crippen molar-refractivity contribution in [1.82, 2.24) is 10.2 Å². The minimum Gasteiger partial charge on any atom is -0.389 e. The molecular formula is C18H28N2O2. The Labute approximate surface area is 133 Å². The molecule has 3 rings (SSSR count). The van der Waals surface area contributed by atoms with Gasteiger partial charge in [0.2, 0.25) is 0 Å². The Kier molecular flexibility index (Phi) is 5.14. The van der Waals surface area contributed by atoms with Crippen LogP contribution in [0.3, 0.4) is 0 Å². The molecule has 1 aliphatic heterocycles. The van der Waals surface area contributed by atoms with E-state index in [0.717, 1.165) is 32.5 Å². The van der Waals surface area contributed by atoms with E-state index in [2.05, 4.69) is 48.3 Å². The SMILES string of the molecule is CCN(CC)CC1OCC(NC2Cc3ccccc3C2)C1O. The zero-order valence-electron chi connectivity index (χ0n) is 13.7. The normalized spacial score (nSPS) is 28.5. The number of ether oxygens (including phenoxy) is 1. The number of nitrogens with zero attached hydrogens (tertiary/aromatic N) is 1. The summed E-state index contributed by atoms with van der Waals surface area (Å²) < 4.78 is 5.85. The van der Waals surface area contributed by atoms with Gasteiger partial charge in [-0.2, -0.15) is 0 Å². The van der Waals surface area contributed by atoms with Gasteiger partial charge < -0.3 is 20.1 Å². The highest BCUT2D eigenvalue weighted by Crippen LogP contribution is 2.24. The monoisotopic (exact) mass is 304 g/mol. The number of nitrogens with one attached hydrogen (secondary N) is 1. The van der Waals surface area contributed by atoms with Crippen LogP contribution in [-0.2, 0) is 17.6 Å². The van der Waals surface area contributed by atoms with Crippen molar-refractivity contribution in [3.63, 3.8) is 0 Å². The van der Waals surface area contributed by atoms with Gasteiger partial charge in [-0.1, -0.05) is 38.1 Å². The van der Waals surface area contributed by atoms with E-state index in [0.29, 0.717) is 12.6 Å². The Bertz CT molecular complexity index is 465. The summed E-state index contributed by atoms with van der Waals surface area (Å²) in [6.07, 6.45) is 1.63. The van der Waals surface area contributed by atoms with Crippen LogP contribution in [0.2, 0.25) is 0 Å². The molecule has 0 bridgehead atoms. The molecule has 0 amide bonds. The Morgan fingerprint density at radius 1 is 1.18 bits per heavy atom. The van der Waals surface area contributed by atoms with Gasteiger partial charge in [-0.3, -0.25) is 0 Å². The molecule has 1 aromatic carbocycles. The van der Waals surface area contributed by atoms with E-state index in [4.69, 9.17) is 4.74 Å². The average Bonchev–Trinajstić information content (AvgIpc) is 3.09. The van der Waals surface area contributed by atoms with Crippen molar-refractivity contribution in [1.29, 1.82) is 0 Å². The van der Waals surface area contributed by atoms with Gasteiger partial charge in [-0.15, -0.1) is 0 Å². The van der Waals surface area contributed by atoms with Gasteiger partial charge >= 0.3 is 0 Å². The number of hydrogen-bond acceptors (Lipinski definition) is 4. The lowest BCUT2D eigenvalue weighted by Gasteiger charge is -2.25. The van der Waals surface area contributed by atoms with Gasteiger partial charge in [0.25, 0.3) is 0 Å². The summed E-state index contributed by atoms with van der Waals surface area (Å²) in [5, 5.41) is 14.2. The molecule has 1 fully saturated rings. The Balaban J connectivity index is 1.52. The van der Waals surface area contributed by atoms with E-state index in [1.165, 1.54) is 11.1 Å². The van der Waals surface area contributed by atoms with Gasteiger partial charge in [0, 0.05) is 12.6 Å². The van der Waals surface area contributed by atoms with Crippen LogP contribution in [0, 0.1) is 0 Å². The Morgan fingerprint density at radius 3 is 2.41 bits per heavy atom. The predicted molar refractivity (Wildman–Crippen MR) is 88.1 cm³/mol. The van der Waals surface area contributed by atoms with E-state index in [-0.39, 0.29) is 12.1 Å². The Morgan fingerprint density at radius 2 is 1.82 bits per heavy atom. The Hall–Kier alpha value is -0.940. The van der Waals surface area contributed by atoms with Gasteiger partial charge in [-0.05, 0) is 37.1 Å². The minimum absolute atomic E-state index is 0.0554. The van der Waals surface area contributed by atoms with E-state index in [1.807, 2.05) is 0 Å². The third-order valence-corrected chi connectivity index (χ3v) is 5.12. The van der Waals surface area contributed by atoms with Crippen LogP contribution < -0.4 is 5.32 Å². The van der Waals surface area contributed by atoms with Gasteiger partial charge in [0.05, 0.1) is 24.9 Å². The second-order valence-corrected chi connectivity index (χ2v) is 6.50. The topological polar surface area (TPSA) is 44.7 Å². The number of fused-ring (bicyclic) bond motifs is 1. The van der Waals surface area contributed by atoms with Crippen molar-refractivity contribution in [2.75, 3.05) is 26.2 Å². The molecule has 4 nitrogen and oxygen atoms in total. The van der Waals surface area contributed by atoms with Crippen LogP contribution in [0.5, 0.6) is 0 Å². The second kappa shape index (κ2) is 7.09. The quantitative estimate of drug-likeness (QED) is 0.829. The lowest BCUT2D eigenvalue weighted by Crippen LogP contribution is -2.48. The lowest BCUT2D eigenvalue weighted by molar-refractivity contribution is 0.0169. The highest BCUT2D eigenvalue weighted by molar-refractivity contribution is 5.33. The summed E-state index contributed by atoms with van der Waals surface area (Å²) in [6.45, 7) is 7.72. The van der Waals surface area contributed by atoms with Gasteiger partial charge in [0.1, 0.15) is 0 Å². The summed E-state index contributed by atoms with van der Waals surface area (Å²) in [4.78, 5) is 2.31. The van der Waals surface area contributed by atoms with Crippen LogP contribution in [0.1, 0.15) is 25.0 Å². The molecule has 3 unspecified atom stereocenters. The highest BCUT2D eigenvalue weighted by atomic mass is 16.5. The van der Waals surface area contributed by atoms with Crippen LogP contribution in [-0.4, -0.2) is 60.5 Å². The standard InChI is InChI=1S/C18H28N2O2/c1-3-20(4-2)11-17-18(21)16(12-22-17)19-15-9-13-7-5-6-8-14(13)10-15/h5-8,15-19,21H,3-4,9-12H2,1-2H3. The molecule has 0 saturated carbocycles. The first-order chi connectivity index (χ1) is 10.7. The largest absolute Gasteiger partial charge is 0.389 e. The number of benzene rings is 1. The van der Waals surface area contributed by atoms with E-state index in [9.17, 15) is 5.11 Å². The molecule has 1 saturated heterocycles. The lowest BCUT2D eigenvalue weighted by atomic mass is 10.1. The third kappa shape index (κ3) is 3.35. The predicted octanol–water partition coefficient (Wildman–Crippen LogP) is 1.21. The molecule has 1 aliphatic carbocycles. The van der Waals surface area contributed by atoms with Crippen molar-refractivity contribution < 1.29 is 9.84 Å². The minimum atomic E-state index is -0.413. The van der Waals surface area contributed by atoms with Crippen molar-refractivity contribution in [2.45, 2.75) is 51.0 Å². The molecule has 0 radical (unpaired) electrons. The van der Waals surface area contributed by atoms with Crippen molar-refractivity contribution in [2.24, 2.45) is 0 Å². The van der Waals surface area contributed by atoms with E-state index >= 15 is 0 Å². The van der Waals surface area contributed by atoms with Gasteiger partial charge in [0.15, 0.2) is 0 Å². The second-order valence-electron chi connectivity index (χ2n) is 6.50. The van der Waals surface area contributed by atoms with Crippen LogP contribution in [0.4, 0.5) is 0 Å². The molecule has 22 heavy (non-hydrogen) atoms. The number of hydrogen-bond donors (Lipinski definition) is 2. The van der Waals surface area contributed by atoms with Crippen molar-refractivity contribution >= 4 is 0 Å². The zero-order chi connectivity index (χ0) is 15.5. The fraction of sp³-hybridized carbons (Fsp3) is 0.667. The smallest absolute Gasteiger partial charge is 0.0989 e. The fourth-order valence-corrected chi connectivity index (χ4v) is 3.71. The first-order valence-electron chi connectivity index (χ1n) is 8.56. The summed E-state index contributed by atoms with van der Waals surface area (Å²) in [5.41, 5.74) is 2.88. The molecule has 2 aliphatic rings. The first-order valence-corrected chi connectivity index (χ1v) is 8.56. The molecule has 0 spiro atoms. The molecule has 0 aromatic heterocycles. The summed E-state index contributed by atoms with van der Waals surface area (Å²) in [6, 6.07) is 9.11. The van der Waals surface area contributed by atoms with Crippen LogP contribution in [0.25, 0.3) is 0 Å². The fourth-order valence-electron chi connectivity index (χ4n) is 3.71. The van der Waals surface area contributed by atoms with Crippen LogP contribution in [0.15, 0.2) is 24.3 Å². The average molecular weight is 304 g/mol. The van der Waals surface area contributed by atoms with Gasteiger partial charge in [-0.25, -0.2) is 0 Å². The van der Waals surface area contributed by atoms with Crippen LogP contribution >= 0.6 is 0 Å². The molecule has 122 valence electrons. The summed E-state index contributed by atoms with van der Waals surface area (Å²) >= 11 is 0. The third-order valence-electron chi connectivity index (χ3n) is 5.12. The maximum absolute atomic E-state index is 10.6. The molecule has 1 aromatic rings. The van der Waals surface area contributed by atoms with Crippen molar-refractivity contribution in [3.8, 4) is 0 Å². The molecular weight excluding hydrogens is 276 g/mol. The molecule has 2 N–H and O–H groups in total. The molecule has 1 heterocycles. The zero-order valence-corrected chi connectivity index (χ0v) is 13.7.